The van der Waals surface area contributed by atoms with E-state index in [0.717, 1.165) is 24.4 Å². The minimum Gasteiger partial charge on any atom is -0.335 e. The zero-order valence-corrected chi connectivity index (χ0v) is 17.3. The topological polar surface area (TPSA) is 84.3 Å². The maximum atomic E-state index is 12.5. The van der Waals surface area contributed by atoms with Crippen LogP contribution in [0.4, 0.5) is 5.69 Å². The van der Waals surface area contributed by atoms with Gasteiger partial charge in [0.05, 0.1) is 4.90 Å². The first-order chi connectivity index (χ1) is 13.4. The van der Waals surface area contributed by atoms with Crippen LogP contribution in [0.5, 0.6) is 0 Å². The number of imidazole rings is 1. The van der Waals surface area contributed by atoms with Crippen LogP contribution in [-0.2, 0) is 21.4 Å². The lowest BCUT2D eigenvalue weighted by molar-refractivity contribution is -0.119. The van der Waals surface area contributed by atoms with E-state index in [4.69, 9.17) is 0 Å². The first kappa shape index (κ1) is 20.5. The SMILES string of the molecule is CC(C)c1nccn1CCCNS(=O)(=O)c1ccc(N2CCCCC2=O)cc1. The number of aromatic nitrogens is 2. The summed E-state index contributed by atoms with van der Waals surface area (Å²) < 4.78 is 29.7. The molecule has 1 aliphatic rings. The number of carbonyl (C=O) groups excluding carboxylic acids is 1. The number of hydrogen-bond donors (Lipinski definition) is 1. The first-order valence-electron chi connectivity index (χ1n) is 9.79. The molecule has 1 saturated heterocycles. The summed E-state index contributed by atoms with van der Waals surface area (Å²) in [6, 6.07) is 6.54. The summed E-state index contributed by atoms with van der Waals surface area (Å²) in [5.74, 6) is 1.43. The Labute approximate surface area is 166 Å². The second kappa shape index (κ2) is 8.87. The molecule has 2 heterocycles. The number of aryl methyl sites for hydroxylation is 1. The van der Waals surface area contributed by atoms with Gasteiger partial charge in [0, 0.05) is 50.1 Å². The van der Waals surface area contributed by atoms with Crippen LogP contribution in [0.25, 0.3) is 0 Å². The fourth-order valence-electron chi connectivity index (χ4n) is 3.43. The molecule has 1 aliphatic heterocycles. The molecule has 1 fully saturated rings. The maximum Gasteiger partial charge on any atom is 0.240 e. The number of amides is 1. The minimum absolute atomic E-state index is 0.0975. The lowest BCUT2D eigenvalue weighted by Gasteiger charge is -2.26. The predicted octanol–water partition coefficient (Wildman–Crippen LogP) is 2.89. The summed E-state index contributed by atoms with van der Waals surface area (Å²) in [6.45, 7) is 5.93. The van der Waals surface area contributed by atoms with Crippen LogP contribution in [-0.4, -0.2) is 37.0 Å². The molecule has 0 radical (unpaired) electrons. The van der Waals surface area contributed by atoms with E-state index in [1.807, 2.05) is 6.20 Å². The lowest BCUT2D eigenvalue weighted by Crippen LogP contribution is -2.35. The Morgan fingerprint density at radius 3 is 2.61 bits per heavy atom. The third-order valence-electron chi connectivity index (χ3n) is 4.91. The average Bonchev–Trinajstić information content (AvgIpc) is 3.15. The normalized spacial score (nSPS) is 15.4. The van der Waals surface area contributed by atoms with Gasteiger partial charge in [0.25, 0.3) is 0 Å². The molecule has 1 N–H and O–H groups in total. The van der Waals surface area contributed by atoms with Crippen molar-refractivity contribution in [1.82, 2.24) is 14.3 Å². The van der Waals surface area contributed by atoms with Crippen molar-refractivity contribution in [2.24, 2.45) is 0 Å². The van der Waals surface area contributed by atoms with Crippen LogP contribution in [0.15, 0.2) is 41.6 Å². The third kappa shape index (κ3) is 4.80. The minimum atomic E-state index is -3.57. The van der Waals surface area contributed by atoms with Crippen LogP contribution < -0.4 is 9.62 Å². The molecule has 0 saturated carbocycles. The van der Waals surface area contributed by atoms with Crippen molar-refractivity contribution in [2.45, 2.75) is 56.9 Å². The summed E-state index contributed by atoms with van der Waals surface area (Å²) in [6.07, 6.45) is 6.82. The van der Waals surface area contributed by atoms with Gasteiger partial charge in [0.2, 0.25) is 15.9 Å². The van der Waals surface area contributed by atoms with Crippen molar-refractivity contribution >= 4 is 21.6 Å². The van der Waals surface area contributed by atoms with Crippen LogP contribution in [0.2, 0.25) is 0 Å². The molecule has 0 aliphatic carbocycles. The number of piperidine rings is 1. The molecule has 2 aromatic rings. The number of nitrogens with zero attached hydrogens (tertiary/aromatic N) is 3. The number of sulfonamides is 1. The number of anilines is 1. The molecule has 1 amide bonds. The molecule has 7 nitrogen and oxygen atoms in total. The highest BCUT2D eigenvalue weighted by Crippen LogP contribution is 2.22. The Kier molecular flexibility index (Phi) is 6.51. The van der Waals surface area contributed by atoms with Crippen molar-refractivity contribution in [3.8, 4) is 0 Å². The number of benzene rings is 1. The van der Waals surface area contributed by atoms with E-state index in [1.54, 1.807) is 35.4 Å². The van der Waals surface area contributed by atoms with Gasteiger partial charge >= 0.3 is 0 Å². The fourth-order valence-corrected chi connectivity index (χ4v) is 4.51. The highest BCUT2D eigenvalue weighted by atomic mass is 32.2. The van der Waals surface area contributed by atoms with Gasteiger partial charge in [-0.1, -0.05) is 13.8 Å². The van der Waals surface area contributed by atoms with E-state index in [-0.39, 0.29) is 10.8 Å². The summed E-state index contributed by atoms with van der Waals surface area (Å²) >= 11 is 0. The van der Waals surface area contributed by atoms with E-state index < -0.39 is 10.0 Å². The Balaban J connectivity index is 1.55. The summed E-state index contributed by atoms with van der Waals surface area (Å²) in [7, 11) is -3.57. The molecular formula is C20H28N4O3S. The second-order valence-electron chi connectivity index (χ2n) is 7.38. The smallest absolute Gasteiger partial charge is 0.240 e. The van der Waals surface area contributed by atoms with E-state index in [1.165, 1.54) is 0 Å². The van der Waals surface area contributed by atoms with Gasteiger partial charge in [0.1, 0.15) is 5.82 Å². The summed E-state index contributed by atoms with van der Waals surface area (Å²) in [5, 5.41) is 0. The first-order valence-corrected chi connectivity index (χ1v) is 11.3. The summed E-state index contributed by atoms with van der Waals surface area (Å²) in [4.78, 5) is 18.3. The molecule has 0 unspecified atom stereocenters. The van der Waals surface area contributed by atoms with Gasteiger partial charge in [-0.15, -0.1) is 0 Å². The monoisotopic (exact) mass is 404 g/mol. The Bertz CT molecular complexity index is 904. The standard InChI is InChI=1S/C20H28N4O3S/c1-16(2)20-21-12-15-23(20)13-5-11-22-28(26,27)18-9-7-17(8-10-18)24-14-4-3-6-19(24)25/h7-10,12,15-16,22H,3-6,11,13-14H2,1-2H3. The van der Waals surface area contributed by atoms with Crippen molar-refractivity contribution in [1.29, 1.82) is 0 Å². The number of carbonyl (C=O) groups is 1. The molecule has 152 valence electrons. The van der Waals surface area contributed by atoms with E-state index in [9.17, 15) is 13.2 Å². The molecule has 3 rings (SSSR count). The van der Waals surface area contributed by atoms with Crippen LogP contribution in [0.1, 0.15) is 51.3 Å². The zero-order valence-electron chi connectivity index (χ0n) is 16.5. The third-order valence-corrected chi connectivity index (χ3v) is 6.39. The predicted molar refractivity (Wildman–Crippen MR) is 109 cm³/mol. The van der Waals surface area contributed by atoms with Gasteiger partial charge in [0.15, 0.2) is 0 Å². The molecule has 8 heteroatoms. The number of rotatable bonds is 8. The molecular weight excluding hydrogens is 376 g/mol. The van der Waals surface area contributed by atoms with Gasteiger partial charge in [-0.2, -0.15) is 0 Å². The van der Waals surface area contributed by atoms with Gasteiger partial charge in [-0.05, 0) is 43.5 Å². The lowest BCUT2D eigenvalue weighted by atomic mass is 10.1. The Morgan fingerprint density at radius 2 is 1.93 bits per heavy atom. The summed E-state index contributed by atoms with van der Waals surface area (Å²) in [5.41, 5.74) is 0.755. The van der Waals surface area contributed by atoms with Crippen molar-refractivity contribution < 1.29 is 13.2 Å². The fraction of sp³-hybridized carbons (Fsp3) is 0.500. The van der Waals surface area contributed by atoms with Gasteiger partial charge < -0.3 is 9.47 Å². The van der Waals surface area contributed by atoms with Crippen LogP contribution >= 0.6 is 0 Å². The van der Waals surface area contributed by atoms with E-state index in [0.29, 0.717) is 38.4 Å². The van der Waals surface area contributed by atoms with E-state index in [2.05, 4.69) is 28.1 Å². The zero-order chi connectivity index (χ0) is 20.1. The highest BCUT2D eigenvalue weighted by molar-refractivity contribution is 7.89. The van der Waals surface area contributed by atoms with Crippen LogP contribution in [0.3, 0.4) is 0 Å². The molecule has 1 aromatic carbocycles. The van der Waals surface area contributed by atoms with Crippen molar-refractivity contribution in [2.75, 3.05) is 18.0 Å². The Hall–Kier alpha value is -2.19. The largest absolute Gasteiger partial charge is 0.335 e. The van der Waals surface area contributed by atoms with E-state index >= 15 is 0 Å². The van der Waals surface area contributed by atoms with Crippen molar-refractivity contribution in [3.05, 3.63) is 42.5 Å². The second-order valence-corrected chi connectivity index (χ2v) is 9.15. The average molecular weight is 405 g/mol. The number of hydrogen-bond acceptors (Lipinski definition) is 4. The highest BCUT2D eigenvalue weighted by Gasteiger charge is 2.20. The molecule has 0 bridgehead atoms. The number of nitrogens with one attached hydrogen (secondary N) is 1. The molecule has 1 aromatic heterocycles. The molecule has 0 spiro atoms. The van der Waals surface area contributed by atoms with Gasteiger partial charge in [-0.25, -0.2) is 18.1 Å². The quantitative estimate of drug-likeness (QED) is 0.686. The maximum absolute atomic E-state index is 12.5. The van der Waals surface area contributed by atoms with Crippen LogP contribution in [0, 0.1) is 0 Å². The molecule has 28 heavy (non-hydrogen) atoms. The molecule has 0 atom stereocenters. The van der Waals surface area contributed by atoms with Crippen molar-refractivity contribution in [3.63, 3.8) is 0 Å². The Morgan fingerprint density at radius 1 is 1.18 bits per heavy atom. The van der Waals surface area contributed by atoms with Gasteiger partial charge in [-0.3, -0.25) is 4.79 Å².